The van der Waals surface area contributed by atoms with Crippen LogP contribution in [0.4, 0.5) is 0 Å². The van der Waals surface area contributed by atoms with Crippen molar-refractivity contribution in [2.75, 3.05) is 7.11 Å². The number of aromatic nitrogens is 1. The van der Waals surface area contributed by atoms with E-state index in [0.717, 1.165) is 12.8 Å². The topological polar surface area (TPSA) is 88.5 Å². The van der Waals surface area contributed by atoms with Gasteiger partial charge in [0.05, 0.1) is 13.0 Å². The third-order valence-electron chi connectivity index (χ3n) is 3.57. The fourth-order valence-corrected chi connectivity index (χ4v) is 2.53. The van der Waals surface area contributed by atoms with Crippen molar-refractivity contribution in [2.24, 2.45) is 5.92 Å². The van der Waals surface area contributed by atoms with Gasteiger partial charge in [0.15, 0.2) is 0 Å². The van der Waals surface area contributed by atoms with Crippen molar-refractivity contribution in [3.05, 3.63) is 23.9 Å². The molecule has 2 N–H and O–H groups in total. The summed E-state index contributed by atoms with van der Waals surface area (Å²) >= 11 is 0. The number of hydrogen-bond acceptors (Lipinski definition) is 4. The summed E-state index contributed by atoms with van der Waals surface area (Å²) in [6, 6.07) is 3.19. The Bertz CT molecular complexity index is 504. The number of aliphatic carboxylic acids is 1. The second kappa shape index (κ2) is 6.36. The molecule has 0 bridgehead atoms. The number of pyridine rings is 1. The molecule has 6 heteroatoms. The van der Waals surface area contributed by atoms with Crippen LogP contribution in [-0.2, 0) is 4.79 Å². The summed E-state index contributed by atoms with van der Waals surface area (Å²) in [5, 5.41) is 11.9. The summed E-state index contributed by atoms with van der Waals surface area (Å²) in [4.78, 5) is 27.2. The first-order valence-corrected chi connectivity index (χ1v) is 6.64. The maximum Gasteiger partial charge on any atom is 0.306 e. The molecule has 0 spiro atoms. The van der Waals surface area contributed by atoms with Crippen LogP contribution >= 0.6 is 0 Å². The molecule has 108 valence electrons. The molecule has 1 heterocycles. The standard InChI is InChI=1S/C14H18N2O4/c1-20-13-11(6-3-7-15-13)12(17)16-10-5-2-4-9(8-10)14(18)19/h3,6-7,9-10H,2,4-5,8H2,1H3,(H,16,17)(H,18,19). The van der Waals surface area contributed by atoms with Gasteiger partial charge < -0.3 is 15.2 Å². The van der Waals surface area contributed by atoms with Gasteiger partial charge in [0.25, 0.3) is 5.91 Å². The number of nitrogens with zero attached hydrogens (tertiary/aromatic N) is 1. The van der Waals surface area contributed by atoms with Gasteiger partial charge in [-0.2, -0.15) is 0 Å². The number of nitrogens with one attached hydrogen (secondary N) is 1. The van der Waals surface area contributed by atoms with Gasteiger partial charge in [-0.25, -0.2) is 4.98 Å². The zero-order chi connectivity index (χ0) is 14.5. The summed E-state index contributed by atoms with van der Waals surface area (Å²) < 4.78 is 5.05. The summed E-state index contributed by atoms with van der Waals surface area (Å²) in [6.45, 7) is 0. The monoisotopic (exact) mass is 278 g/mol. The fraction of sp³-hybridized carbons (Fsp3) is 0.500. The molecule has 6 nitrogen and oxygen atoms in total. The van der Waals surface area contributed by atoms with Crippen LogP contribution in [0.2, 0.25) is 0 Å². The number of carboxylic acids is 1. The van der Waals surface area contributed by atoms with Crippen LogP contribution in [0.5, 0.6) is 5.88 Å². The highest BCUT2D eigenvalue weighted by Gasteiger charge is 2.28. The first kappa shape index (κ1) is 14.3. The van der Waals surface area contributed by atoms with Gasteiger partial charge in [-0.05, 0) is 31.4 Å². The average molecular weight is 278 g/mol. The Balaban J connectivity index is 2.02. The van der Waals surface area contributed by atoms with E-state index in [1.807, 2.05) is 0 Å². The van der Waals surface area contributed by atoms with Crippen molar-refractivity contribution >= 4 is 11.9 Å². The molecule has 2 rings (SSSR count). The molecule has 1 aliphatic rings. The van der Waals surface area contributed by atoms with Crippen LogP contribution in [-0.4, -0.2) is 35.1 Å². The van der Waals surface area contributed by atoms with Gasteiger partial charge in [-0.3, -0.25) is 9.59 Å². The van der Waals surface area contributed by atoms with Gasteiger partial charge >= 0.3 is 5.97 Å². The number of ether oxygens (including phenoxy) is 1. The van der Waals surface area contributed by atoms with Crippen molar-refractivity contribution in [1.82, 2.24) is 10.3 Å². The lowest BCUT2D eigenvalue weighted by Gasteiger charge is -2.27. The zero-order valence-corrected chi connectivity index (χ0v) is 11.3. The Kier molecular flexibility index (Phi) is 4.55. The van der Waals surface area contributed by atoms with Crippen LogP contribution < -0.4 is 10.1 Å². The minimum atomic E-state index is -0.789. The molecule has 1 amide bonds. The van der Waals surface area contributed by atoms with Crippen LogP contribution in [0.1, 0.15) is 36.0 Å². The maximum atomic E-state index is 12.2. The SMILES string of the molecule is COc1ncccc1C(=O)NC1CCCC(C(=O)O)C1. The van der Waals surface area contributed by atoms with Crippen LogP contribution in [0.15, 0.2) is 18.3 Å². The average Bonchev–Trinajstić information content (AvgIpc) is 2.47. The molecule has 2 atom stereocenters. The second-order valence-corrected chi connectivity index (χ2v) is 4.93. The van der Waals surface area contributed by atoms with Gasteiger partial charge in [0, 0.05) is 12.2 Å². The molecular weight excluding hydrogens is 260 g/mol. The number of carbonyl (C=O) groups excluding carboxylic acids is 1. The van der Waals surface area contributed by atoms with Crippen molar-refractivity contribution in [2.45, 2.75) is 31.7 Å². The predicted molar refractivity (Wildman–Crippen MR) is 71.6 cm³/mol. The molecule has 1 fully saturated rings. The second-order valence-electron chi connectivity index (χ2n) is 4.93. The van der Waals surface area contributed by atoms with E-state index in [-0.39, 0.29) is 23.7 Å². The first-order valence-electron chi connectivity index (χ1n) is 6.64. The molecule has 1 saturated carbocycles. The number of carboxylic acid groups (broad SMARTS) is 1. The minimum Gasteiger partial charge on any atom is -0.481 e. The van der Waals surface area contributed by atoms with Crippen molar-refractivity contribution in [3.8, 4) is 5.88 Å². The van der Waals surface area contributed by atoms with Gasteiger partial charge in [0.1, 0.15) is 5.56 Å². The van der Waals surface area contributed by atoms with E-state index in [4.69, 9.17) is 9.84 Å². The smallest absolute Gasteiger partial charge is 0.306 e. The highest BCUT2D eigenvalue weighted by molar-refractivity contribution is 5.96. The van der Waals surface area contributed by atoms with E-state index >= 15 is 0 Å². The number of rotatable bonds is 4. The molecular formula is C14H18N2O4. The molecule has 2 unspecified atom stereocenters. The van der Waals surface area contributed by atoms with E-state index in [2.05, 4.69) is 10.3 Å². The minimum absolute atomic E-state index is 0.109. The van der Waals surface area contributed by atoms with E-state index in [1.54, 1.807) is 18.3 Å². The molecule has 0 saturated heterocycles. The molecule has 1 aliphatic carbocycles. The molecule has 0 aliphatic heterocycles. The number of amides is 1. The van der Waals surface area contributed by atoms with Crippen LogP contribution in [0.25, 0.3) is 0 Å². The molecule has 1 aromatic heterocycles. The Morgan fingerprint density at radius 3 is 2.95 bits per heavy atom. The van der Waals surface area contributed by atoms with Crippen LogP contribution in [0.3, 0.4) is 0 Å². The van der Waals surface area contributed by atoms with Crippen molar-refractivity contribution < 1.29 is 19.4 Å². The summed E-state index contributed by atoms with van der Waals surface area (Å²) in [5.41, 5.74) is 0.368. The number of methoxy groups -OCH3 is 1. The lowest BCUT2D eigenvalue weighted by molar-refractivity contribution is -0.143. The van der Waals surface area contributed by atoms with E-state index in [1.165, 1.54) is 7.11 Å². The third kappa shape index (κ3) is 3.26. The Morgan fingerprint density at radius 1 is 1.45 bits per heavy atom. The van der Waals surface area contributed by atoms with Crippen molar-refractivity contribution in [1.29, 1.82) is 0 Å². The summed E-state index contributed by atoms with van der Waals surface area (Å²) in [7, 11) is 1.46. The third-order valence-corrected chi connectivity index (χ3v) is 3.57. The lowest BCUT2D eigenvalue weighted by Crippen LogP contribution is -2.40. The molecule has 0 aromatic carbocycles. The van der Waals surface area contributed by atoms with Gasteiger partial charge in [-0.1, -0.05) is 6.42 Å². The van der Waals surface area contributed by atoms with E-state index < -0.39 is 5.97 Å². The fourth-order valence-electron chi connectivity index (χ4n) is 2.53. The maximum absolute atomic E-state index is 12.2. The largest absolute Gasteiger partial charge is 0.481 e. The highest BCUT2D eigenvalue weighted by atomic mass is 16.5. The van der Waals surface area contributed by atoms with Crippen molar-refractivity contribution in [3.63, 3.8) is 0 Å². The Hall–Kier alpha value is -2.11. The van der Waals surface area contributed by atoms with E-state index in [9.17, 15) is 9.59 Å². The van der Waals surface area contributed by atoms with Gasteiger partial charge in [-0.15, -0.1) is 0 Å². The zero-order valence-electron chi connectivity index (χ0n) is 11.3. The first-order chi connectivity index (χ1) is 9.61. The Labute approximate surface area is 117 Å². The van der Waals surface area contributed by atoms with Gasteiger partial charge in [0.2, 0.25) is 5.88 Å². The molecule has 0 radical (unpaired) electrons. The summed E-state index contributed by atoms with van der Waals surface area (Å²) in [6.07, 6.45) is 4.32. The summed E-state index contributed by atoms with van der Waals surface area (Å²) in [5.74, 6) is -1.16. The number of hydrogen-bond donors (Lipinski definition) is 2. The molecule has 20 heavy (non-hydrogen) atoms. The normalized spacial score (nSPS) is 22.1. The van der Waals surface area contributed by atoms with E-state index in [0.29, 0.717) is 18.4 Å². The quantitative estimate of drug-likeness (QED) is 0.870. The predicted octanol–water partition coefficient (Wildman–Crippen LogP) is 1.46. The molecule has 1 aromatic rings. The number of carbonyl (C=O) groups is 2. The van der Waals surface area contributed by atoms with Crippen LogP contribution in [0, 0.1) is 5.92 Å². The highest BCUT2D eigenvalue weighted by Crippen LogP contribution is 2.25. The lowest BCUT2D eigenvalue weighted by atomic mass is 9.85. The Morgan fingerprint density at radius 2 is 2.25 bits per heavy atom.